The van der Waals surface area contributed by atoms with Crippen LogP contribution in [-0.4, -0.2) is 49.6 Å². The minimum atomic E-state index is -0.679. The van der Waals surface area contributed by atoms with E-state index in [1.165, 1.54) is 0 Å². The second kappa shape index (κ2) is 4.43. The summed E-state index contributed by atoms with van der Waals surface area (Å²) >= 11 is 0. The predicted molar refractivity (Wildman–Crippen MR) is 83.3 cm³/mol. The summed E-state index contributed by atoms with van der Waals surface area (Å²) in [5.74, 6) is -0.554. The molecule has 0 saturated carbocycles. The molecule has 0 spiro atoms. The maximum Gasteiger partial charge on any atom is 0.336 e. The molecule has 25 heavy (non-hydrogen) atoms. The van der Waals surface area contributed by atoms with E-state index in [1.807, 2.05) is 6.08 Å². The molecule has 0 N–H and O–H groups in total. The van der Waals surface area contributed by atoms with Crippen LogP contribution in [-0.2, 0) is 28.5 Å². The monoisotopic (exact) mass is 342 g/mol. The molecule has 7 rings (SSSR count). The van der Waals surface area contributed by atoms with E-state index in [9.17, 15) is 9.59 Å². The van der Waals surface area contributed by atoms with E-state index in [0.717, 1.165) is 17.6 Å². The quantitative estimate of drug-likeness (QED) is 0.527. The summed E-state index contributed by atoms with van der Waals surface area (Å²) in [6.07, 6.45) is 2.94. The Hall–Kier alpha value is -1.92. The molecule has 0 aromatic heterocycles. The van der Waals surface area contributed by atoms with Gasteiger partial charge in [0, 0.05) is 25.2 Å². The van der Waals surface area contributed by atoms with E-state index in [0.29, 0.717) is 37.2 Å². The number of carbonyl (C=O) groups excluding carboxylic acids is 2. The molecule has 5 bridgehead atoms. The fraction of sp³-hybridized carbons (Fsp3) is 0.579. The number of rotatable bonds is 1. The minimum absolute atomic E-state index is 0.0322. The number of ether oxygens (including phenoxy) is 4. The van der Waals surface area contributed by atoms with Gasteiger partial charge in [0.2, 0.25) is 0 Å². The highest BCUT2D eigenvalue weighted by molar-refractivity contribution is 5.95. The van der Waals surface area contributed by atoms with Crippen molar-refractivity contribution in [2.24, 2.45) is 11.3 Å². The number of cyclic esters (lactones) is 2. The molecular formula is C19H18O6. The summed E-state index contributed by atoms with van der Waals surface area (Å²) in [6, 6.07) is 0. The Labute approximate surface area is 144 Å². The van der Waals surface area contributed by atoms with Gasteiger partial charge in [-0.05, 0) is 11.1 Å². The van der Waals surface area contributed by atoms with Gasteiger partial charge in [-0.25, -0.2) is 9.59 Å². The van der Waals surface area contributed by atoms with Gasteiger partial charge in [0.05, 0.1) is 48.1 Å². The largest absolute Gasteiger partial charge is 0.462 e. The Bertz CT molecular complexity index is 807. The number of fused-ring (bicyclic) bond motifs is 2. The zero-order valence-electron chi connectivity index (χ0n) is 13.7. The maximum absolute atomic E-state index is 12.6. The maximum atomic E-state index is 12.6. The lowest BCUT2D eigenvalue weighted by molar-refractivity contribution is -0.262. The van der Waals surface area contributed by atoms with Crippen molar-refractivity contribution in [1.29, 1.82) is 0 Å². The molecule has 6 nitrogen and oxygen atoms in total. The van der Waals surface area contributed by atoms with Crippen molar-refractivity contribution < 1.29 is 28.5 Å². The molecule has 2 fully saturated rings. The van der Waals surface area contributed by atoms with Crippen molar-refractivity contribution >= 4 is 11.9 Å². The lowest BCUT2D eigenvalue weighted by Gasteiger charge is -2.65. The first kappa shape index (κ1) is 14.3. The Morgan fingerprint density at radius 1 is 1.04 bits per heavy atom. The molecular weight excluding hydrogens is 324 g/mol. The molecule has 0 unspecified atom stereocenters. The fourth-order valence-corrected chi connectivity index (χ4v) is 6.01. The van der Waals surface area contributed by atoms with E-state index < -0.39 is 11.5 Å². The highest BCUT2D eigenvalue weighted by Gasteiger charge is 2.70. The van der Waals surface area contributed by atoms with Crippen LogP contribution in [0.5, 0.6) is 0 Å². The van der Waals surface area contributed by atoms with E-state index in [-0.39, 0.29) is 36.2 Å². The molecule has 2 saturated heterocycles. The van der Waals surface area contributed by atoms with Gasteiger partial charge >= 0.3 is 11.9 Å². The van der Waals surface area contributed by atoms with Crippen LogP contribution in [0.25, 0.3) is 0 Å². The zero-order chi connectivity index (χ0) is 16.9. The summed E-state index contributed by atoms with van der Waals surface area (Å²) in [5.41, 5.74) is 2.73. The number of hydrogen-bond acceptors (Lipinski definition) is 6. The first-order chi connectivity index (χ1) is 12.2. The van der Waals surface area contributed by atoms with Crippen LogP contribution >= 0.6 is 0 Å². The van der Waals surface area contributed by atoms with E-state index in [4.69, 9.17) is 18.9 Å². The molecule has 0 aromatic carbocycles. The van der Waals surface area contributed by atoms with Crippen molar-refractivity contribution in [2.45, 2.75) is 43.7 Å². The van der Waals surface area contributed by atoms with Gasteiger partial charge in [0.15, 0.2) is 0 Å². The van der Waals surface area contributed by atoms with Gasteiger partial charge in [-0.1, -0.05) is 6.08 Å². The number of carbonyl (C=O) groups is 2. The fourth-order valence-electron chi connectivity index (χ4n) is 6.01. The zero-order valence-corrected chi connectivity index (χ0v) is 13.7. The minimum Gasteiger partial charge on any atom is -0.462 e. The SMILES string of the molecule is C=C[C@@]12C3=C(C(=O)OCC3)[C@H]3C[C@H]4O[C@@H]1C1=C(CCOC1=O)[C@H]4[C@@H]2O3. The average molecular weight is 342 g/mol. The summed E-state index contributed by atoms with van der Waals surface area (Å²) in [5, 5.41) is 0. The van der Waals surface area contributed by atoms with Gasteiger partial charge in [0.1, 0.15) is 6.10 Å². The molecule has 6 heterocycles. The first-order valence-corrected chi connectivity index (χ1v) is 8.92. The molecule has 6 aliphatic heterocycles. The third-order valence-electron chi connectivity index (χ3n) is 6.85. The predicted octanol–water partition coefficient (Wildman–Crippen LogP) is 1.21. The Morgan fingerprint density at radius 3 is 2.60 bits per heavy atom. The van der Waals surface area contributed by atoms with Gasteiger partial charge in [-0.3, -0.25) is 0 Å². The summed E-state index contributed by atoms with van der Waals surface area (Å²) in [7, 11) is 0. The second-order valence-electron chi connectivity index (χ2n) is 7.60. The lowest BCUT2D eigenvalue weighted by Crippen LogP contribution is -2.71. The molecule has 6 atom stereocenters. The Morgan fingerprint density at radius 2 is 1.80 bits per heavy atom. The van der Waals surface area contributed by atoms with Crippen LogP contribution in [0, 0.1) is 11.3 Å². The summed E-state index contributed by atoms with van der Waals surface area (Å²) in [4.78, 5) is 25.0. The first-order valence-electron chi connectivity index (χ1n) is 8.92. The van der Waals surface area contributed by atoms with Crippen molar-refractivity contribution in [3.05, 3.63) is 34.9 Å². The van der Waals surface area contributed by atoms with Crippen LogP contribution in [0.1, 0.15) is 19.3 Å². The van der Waals surface area contributed by atoms with E-state index >= 15 is 0 Å². The van der Waals surface area contributed by atoms with Crippen molar-refractivity contribution in [1.82, 2.24) is 0 Å². The lowest BCUT2D eigenvalue weighted by atomic mass is 9.51. The van der Waals surface area contributed by atoms with Crippen LogP contribution in [0.15, 0.2) is 34.9 Å². The highest BCUT2D eigenvalue weighted by atomic mass is 16.6. The Balaban J connectivity index is 1.66. The third-order valence-corrected chi connectivity index (χ3v) is 6.85. The molecule has 0 radical (unpaired) electrons. The topological polar surface area (TPSA) is 71.1 Å². The molecule has 130 valence electrons. The van der Waals surface area contributed by atoms with Gasteiger partial charge in [0.25, 0.3) is 0 Å². The van der Waals surface area contributed by atoms with Crippen LogP contribution in [0.4, 0.5) is 0 Å². The highest BCUT2D eigenvalue weighted by Crippen LogP contribution is 2.64. The van der Waals surface area contributed by atoms with Crippen molar-refractivity contribution in [3.8, 4) is 0 Å². The second-order valence-corrected chi connectivity index (χ2v) is 7.60. The number of hydrogen-bond donors (Lipinski definition) is 0. The average Bonchev–Trinajstić information content (AvgIpc) is 2.61. The summed E-state index contributed by atoms with van der Waals surface area (Å²) < 4.78 is 23.4. The van der Waals surface area contributed by atoms with E-state index in [1.54, 1.807) is 0 Å². The molecule has 1 aliphatic carbocycles. The molecule has 7 aliphatic rings. The Kier molecular flexibility index (Phi) is 2.53. The van der Waals surface area contributed by atoms with E-state index in [2.05, 4.69) is 6.58 Å². The smallest absolute Gasteiger partial charge is 0.336 e. The molecule has 0 amide bonds. The molecule has 6 heteroatoms. The summed E-state index contributed by atoms with van der Waals surface area (Å²) in [6.45, 7) is 4.85. The van der Waals surface area contributed by atoms with Crippen molar-refractivity contribution in [2.75, 3.05) is 13.2 Å². The normalized spacial score (nSPS) is 46.5. The number of esters is 2. The van der Waals surface area contributed by atoms with Crippen LogP contribution in [0.2, 0.25) is 0 Å². The standard InChI is InChI=1S/C19H18O6/c1-2-19-9-4-6-23-18(21)14(9)11-7-10-12(15(19)25-11)8-3-5-22-17(20)13(8)16(19)24-10/h2,10-12,15-16H,1,3-7H2/t10-,11-,12-,15+,16-,19+/m1/s1. The van der Waals surface area contributed by atoms with Crippen molar-refractivity contribution in [3.63, 3.8) is 0 Å². The van der Waals surface area contributed by atoms with Crippen LogP contribution < -0.4 is 0 Å². The van der Waals surface area contributed by atoms with Gasteiger partial charge in [-0.2, -0.15) is 0 Å². The third kappa shape index (κ3) is 1.42. The van der Waals surface area contributed by atoms with Crippen LogP contribution in [0.3, 0.4) is 0 Å². The molecule has 0 aromatic rings. The van der Waals surface area contributed by atoms with Gasteiger partial charge in [-0.15, -0.1) is 6.58 Å². The van der Waals surface area contributed by atoms with Gasteiger partial charge < -0.3 is 18.9 Å².